The zero-order chi connectivity index (χ0) is 18.5. The second-order valence-electron chi connectivity index (χ2n) is 5.30. The Labute approximate surface area is 164 Å². The van der Waals surface area contributed by atoms with Crippen LogP contribution in [0.3, 0.4) is 0 Å². The van der Waals surface area contributed by atoms with Gasteiger partial charge >= 0.3 is 0 Å². The first-order valence-corrected chi connectivity index (χ1v) is 9.33. The number of hydrogen-bond acceptors (Lipinski definition) is 4. The topological polar surface area (TPSA) is 59.3 Å². The number of ketones is 1. The van der Waals surface area contributed by atoms with Gasteiger partial charge in [0, 0.05) is 16.1 Å². The van der Waals surface area contributed by atoms with E-state index in [2.05, 4.69) is 5.32 Å². The molecule has 0 spiro atoms. The van der Waals surface area contributed by atoms with Crippen LogP contribution in [0.25, 0.3) is 0 Å². The normalized spacial score (nSPS) is 10.5. The molecule has 3 rings (SSSR count). The molecular formula is C19H13Cl2NO3S. The smallest absolute Gasteiger partial charge is 0.291 e. The molecular weight excluding hydrogens is 393 g/mol. The quantitative estimate of drug-likeness (QED) is 0.414. The van der Waals surface area contributed by atoms with Gasteiger partial charge in [-0.05, 0) is 54.6 Å². The lowest BCUT2D eigenvalue weighted by atomic mass is 10.1. The Balaban J connectivity index is 1.56. The number of nitrogens with one attached hydrogen (secondary N) is 1. The van der Waals surface area contributed by atoms with Crippen molar-refractivity contribution in [1.29, 1.82) is 0 Å². The summed E-state index contributed by atoms with van der Waals surface area (Å²) in [4.78, 5) is 25.1. The van der Waals surface area contributed by atoms with Gasteiger partial charge in [-0.25, -0.2) is 0 Å². The van der Waals surface area contributed by atoms with E-state index >= 15 is 0 Å². The molecule has 1 amide bonds. The minimum absolute atomic E-state index is 0.0382. The number of carbonyl (C=O) groups excluding carboxylic acids is 2. The van der Waals surface area contributed by atoms with E-state index in [0.29, 0.717) is 21.3 Å². The van der Waals surface area contributed by atoms with Gasteiger partial charge in [0.15, 0.2) is 11.5 Å². The van der Waals surface area contributed by atoms with Crippen molar-refractivity contribution < 1.29 is 14.0 Å². The van der Waals surface area contributed by atoms with Gasteiger partial charge in [-0.3, -0.25) is 9.59 Å². The Morgan fingerprint density at radius 2 is 1.77 bits per heavy atom. The van der Waals surface area contributed by atoms with Crippen molar-refractivity contribution in [2.75, 3.05) is 11.1 Å². The summed E-state index contributed by atoms with van der Waals surface area (Å²) >= 11 is 13.2. The van der Waals surface area contributed by atoms with Crippen LogP contribution in [0.1, 0.15) is 20.9 Å². The zero-order valence-electron chi connectivity index (χ0n) is 13.4. The predicted molar refractivity (Wildman–Crippen MR) is 105 cm³/mol. The number of carbonyl (C=O) groups is 2. The summed E-state index contributed by atoms with van der Waals surface area (Å²) < 4.78 is 5.04. The van der Waals surface area contributed by atoms with E-state index in [-0.39, 0.29) is 23.2 Å². The van der Waals surface area contributed by atoms with Gasteiger partial charge in [0.2, 0.25) is 0 Å². The van der Waals surface area contributed by atoms with E-state index in [0.717, 1.165) is 4.90 Å². The van der Waals surface area contributed by atoms with Crippen molar-refractivity contribution in [2.24, 2.45) is 0 Å². The SMILES string of the molecule is O=C(CSc1ccc(NC(=O)c2ccco2)cc1)c1ccc(Cl)c(Cl)c1. The molecule has 4 nitrogen and oxygen atoms in total. The van der Waals surface area contributed by atoms with Gasteiger partial charge in [0.25, 0.3) is 5.91 Å². The van der Waals surface area contributed by atoms with Gasteiger partial charge < -0.3 is 9.73 Å². The molecule has 0 aliphatic carbocycles. The Kier molecular flexibility index (Phi) is 6.04. The summed E-state index contributed by atoms with van der Waals surface area (Å²) in [6.07, 6.45) is 1.44. The van der Waals surface area contributed by atoms with Crippen LogP contribution in [-0.2, 0) is 0 Å². The molecule has 0 aliphatic heterocycles. The van der Waals surface area contributed by atoms with E-state index in [1.54, 1.807) is 42.5 Å². The number of benzene rings is 2. The summed E-state index contributed by atoms with van der Waals surface area (Å²) in [5.41, 5.74) is 1.17. The minimum Gasteiger partial charge on any atom is -0.459 e. The third-order valence-electron chi connectivity index (χ3n) is 3.47. The fourth-order valence-corrected chi connectivity index (χ4v) is 3.23. The molecule has 1 aromatic heterocycles. The van der Waals surface area contributed by atoms with Crippen LogP contribution in [0.15, 0.2) is 70.2 Å². The van der Waals surface area contributed by atoms with Gasteiger partial charge in [-0.15, -0.1) is 11.8 Å². The highest BCUT2D eigenvalue weighted by Gasteiger charge is 2.10. The van der Waals surface area contributed by atoms with Crippen molar-refractivity contribution in [3.8, 4) is 0 Å². The lowest BCUT2D eigenvalue weighted by Crippen LogP contribution is -2.10. The van der Waals surface area contributed by atoms with Gasteiger partial charge in [-0.2, -0.15) is 0 Å². The summed E-state index contributed by atoms with van der Waals surface area (Å²) in [5, 5.41) is 3.52. The number of halogens is 2. The molecule has 1 N–H and O–H groups in total. The number of anilines is 1. The van der Waals surface area contributed by atoms with Gasteiger partial charge in [-0.1, -0.05) is 23.2 Å². The highest BCUT2D eigenvalue weighted by Crippen LogP contribution is 2.25. The second-order valence-corrected chi connectivity index (χ2v) is 7.16. The van der Waals surface area contributed by atoms with Crippen LogP contribution < -0.4 is 5.32 Å². The van der Waals surface area contributed by atoms with Gasteiger partial charge in [0.1, 0.15) is 0 Å². The molecule has 0 saturated carbocycles. The molecule has 0 radical (unpaired) electrons. The molecule has 132 valence electrons. The first kappa shape index (κ1) is 18.6. The van der Waals surface area contributed by atoms with Gasteiger partial charge in [0.05, 0.1) is 22.1 Å². The third-order valence-corrected chi connectivity index (χ3v) is 5.22. The number of hydrogen-bond donors (Lipinski definition) is 1. The lowest BCUT2D eigenvalue weighted by Gasteiger charge is -2.06. The largest absolute Gasteiger partial charge is 0.459 e. The Morgan fingerprint density at radius 1 is 1.00 bits per heavy atom. The summed E-state index contributed by atoms with van der Waals surface area (Å²) in [6.45, 7) is 0. The molecule has 0 atom stereocenters. The molecule has 3 aromatic rings. The third kappa shape index (κ3) is 4.69. The Hall–Kier alpha value is -2.21. The summed E-state index contributed by atoms with van der Waals surface area (Å²) in [5.74, 6) is 0.167. The second kappa shape index (κ2) is 8.45. The first-order chi connectivity index (χ1) is 12.5. The standard InChI is InChI=1S/C19H13Cl2NO3S/c20-15-8-3-12(10-16(15)21)17(23)11-26-14-6-4-13(5-7-14)22-19(24)18-2-1-9-25-18/h1-10H,11H2,(H,22,24). The van der Waals surface area contributed by atoms with E-state index in [9.17, 15) is 9.59 Å². The van der Waals surface area contributed by atoms with Crippen molar-refractivity contribution in [2.45, 2.75) is 4.90 Å². The number of furan rings is 1. The van der Waals surface area contributed by atoms with Crippen molar-refractivity contribution >= 4 is 52.3 Å². The van der Waals surface area contributed by atoms with E-state index < -0.39 is 0 Å². The maximum atomic E-state index is 12.2. The Bertz CT molecular complexity index is 924. The van der Waals surface area contributed by atoms with E-state index in [1.165, 1.54) is 18.0 Å². The van der Waals surface area contributed by atoms with Crippen LogP contribution in [0.2, 0.25) is 10.0 Å². The van der Waals surface area contributed by atoms with E-state index in [4.69, 9.17) is 27.6 Å². The first-order valence-electron chi connectivity index (χ1n) is 7.59. The number of amides is 1. The molecule has 7 heteroatoms. The molecule has 0 fully saturated rings. The molecule has 26 heavy (non-hydrogen) atoms. The zero-order valence-corrected chi connectivity index (χ0v) is 15.7. The average Bonchev–Trinajstić information content (AvgIpc) is 3.18. The van der Waals surface area contributed by atoms with Crippen LogP contribution in [0.5, 0.6) is 0 Å². The van der Waals surface area contributed by atoms with Crippen LogP contribution in [-0.4, -0.2) is 17.4 Å². The number of thioether (sulfide) groups is 1. The molecule has 0 saturated heterocycles. The fraction of sp³-hybridized carbons (Fsp3) is 0.0526. The maximum Gasteiger partial charge on any atom is 0.291 e. The number of Topliss-reactive ketones (excluding diaryl/α,β-unsaturated/α-hetero) is 1. The molecule has 2 aromatic carbocycles. The molecule has 1 heterocycles. The maximum absolute atomic E-state index is 12.2. The van der Waals surface area contributed by atoms with Crippen molar-refractivity contribution in [3.05, 3.63) is 82.2 Å². The summed E-state index contributed by atoms with van der Waals surface area (Å²) in [7, 11) is 0. The lowest BCUT2D eigenvalue weighted by molar-refractivity contribution is 0.0994. The monoisotopic (exact) mass is 405 g/mol. The molecule has 0 bridgehead atoms. The van der Waals surface area contributed by atoms with Crippen molar-refractivity contribution in [3.63, 3.8) is 0 Å². The molecule has 0 unspecified atom stereocenters. The highest BCUT2D eigenvalue weighted by molar-refractivity contribution is 8.00. The highest BCUT2D eigenvalue weighted by atomic mass is 35.5. The fourth-order valence-electron chi connectivity index (χ4n) is 2.14. The van der Waals surface area contributed by atoms with E-state index in [1.807, 2.05) is 12.1 Å². The van der Waals surface area contributed by atoms with Crippen LogP contribution >= 0.6 is 35.0 Å². The van der Waals surface area contributed by atoms with Crippen molar-refractivity contribution in [1.82, 2.24) is 0 Å². The average molecular weight is 406 g/mol. The summed E-state index contributed by atoms with van der Waals surface area (Å²) in [6, 6.07) is 15.3. The predicted octanol–water partition coefficient (Wildman–Crippen LogP) is 5.81. The number of rotatable bonds is 6. The van der Waals surface area contributed by atoms with Crippen LogP contribution in [0, 0.1) is 0 Å². The van der Waals surface area contributed by atoms with Crippen LogP contribution in [0.4, 0.5) is 5.69 Å². The Morgan fingerprint density at radius 3 is 2.42 bits per heavy atom. The minimum atomic E-state index is -0.315. The molecule has 0 aliphatic rings.